The second-order valence-electron chi connectivity index (χ2n) is 7.78. The molecule has 2 atom stereocenters. The molecular weight excluding hydrogens is 352 g/mol. The summed E-state index contributed by atoms with van der Waals surface area (Å²) in [6, 6.07) is 0.751. The van der Waals surface area contributed by atoms with Crippen molar-refractivity contribution in [3.05, 3.63) is 0 Å². The maximum Gasteiger partial charge on any atom is 0.234 e. The monoisotopic (exact) mass is 398 g/mol. The van der Waals surface area contributed by atoms with Crippen LogP contribution in [-0.4, -0.2) is 47.0 Å². The van der Waals surface area contributed by atoms with Crippen molar-refractivity contribution in [2.45, 2.75) is 118 Å². The van der Waals surface area contributed by atoms with Crippen LogP contribution in [0.2, 0.25) is 0 Å². The van der Waals surface area contributed by atoms with Crippen LogP contribution in [0.5, 0.6) is 0 Å². The van der Waals surface area contributed by atoms with Crippen molar-refractivity contribution in [3.63, 3.8) is 0 Å². The van der Waals surface area contributed by atoms with E-state index in [2.05, 4.69) is 52.4 Å². The molecule has 28 heavy (non-hydrogen) atoms. The minimum absolute atomic E-state index is 0.126. The zero-order valence-electron chi connectivity index (χ0n) is 19.4. The van der Waals surface area contributed by atoms with Crippen LogP contribution in [0.25, 0.3) is 0 Å². The summed E-state index contributed by atoms with van der Waals surface area (Å²) < 4.78 is 0. The number of rotatable bonds is 17. The van der Waals surface area contributed by atoms with Crippen LogP contribution >= 0.6 is 0 Å². The lowest BCUT2D eigenvalue weighted by atomic mass is 10.1. The Morgan fingerprint density at radius 2 is 0.964 bits per heavy atom. The minimum atomic E-state index is 0.126. The topological polar surface area (TPSA) is 64.7 Å². The Hall–Kier alpha value is -1.14. The molecule has 2 unspecified atom stereocenters. The summed E-state index contributed by atoms with van der Waals surface area (Å²) in [5.74, 6) is 0.251. The lowest BCUT2D eigenvalue weighted by molar-refractivity contribution is -0.127. The third-order valence-electron chi connectivity index (χ3n) is 5.52. The number of unbranched alkanes of at least 4 members (excludes halogenated alkanes) is 5. The molecule has 2 amide bonds. The molecule has 0 heterocycles. The standard InChI is InChI=1S/C22H46N4O2/c1-7-19(5)25(9-3)23-21(27)17-15-13-11-12-14-16-18-22(28)24-26(10-4)20(6)8-2/h19-20H,7-18H2,1-6H3,(H,23,27)(H,24,28). The van der Waals surface area contributed by atoms with Gasteiger partial charge in [-0.05, 0) is 39.5 Å². The van der Waals surface area contributed by atoms with E-state index in [0.29, 0.717) is 24.9 Å². The van der Waals surface area contributed by atoms with Gasteiger partial charge in [0.25, 0.3) is 0 Å². The highest BCUT2D eigenvalue weighted by Gasteiger charge is 2.13. The van der Waals surface area contributed by atoms with Crippen molar-refractivity contribution in [3.8, 4) is 0 Å². The number of amides is 2. The van der Waals surface area contributed by atoms with Crippen molar-refractivity contribution < 1.29 is 9.59 Å². The largest absolute Gasteiger partial charge is 0.289 e. The summed E-state index contributed by atoms with van der Waals surface area (Å²) in [5, 5.41) is 4.04. The first-order valence-electron chi connectivity index (χ1n) is 11.5. The van der Waals surface area contributed by atoms with Gasteiger partial charge in [-0.15, -0.1) is 0 Å². The van der Waals surface area contributed by atoms with E-state index in [1.54, 1.807) is 0 Å². The molecule has 0 aliphatic carbocycles. The number of nitrogens with one attached hydrogen (secondary N) is 2. The molecule has 0 aromatic carbocycles. The van der Waals surface area contributed by atoms with Gasteiger partial charge in [-0.2, -0.15) is 0 Å². The van der Waals surface area contributed by atoms with Crippen LogP contribution in [0.1, 0.15) is 106 Å². The molecular formula is C22H46N4O2. The number of hydrogen-bond acceptors (Lipinski definition) is 4. The van der Waals surface area contributed by atoms with E-state index in [0.717, 1.165) is 64.5 Å². The van der Waals surface area contributed by atoms with Crippen molar-refractivity contribution in [2.24, 2.45) is 0 Å². The molecule has 166 valence electrons. The summed E-state index contributed by atoms with van der Waals surface area (Å²) in [7, 11) is 0. The molecule has 6 heteroatoms. The predicted molar refractivity (Wildman–Crippen MR) is 117 cm³/mol. The van der Waals surface area contributed by atoms with E-state index in [4.69, 9.17) is 0 Å². The molecule has 0 aromatic heterocycles. The first-order chi connectivity index (χ1) is 13.4. The lowest BCUT2D eigenvalue weighted by Gasteiger charge is -2.27. The van der Waals surface area contributed by atoms with E-state index in [1.807, 2.05) is 10.0 Å². The quantitative estimate of drug-likeness (QED) is 0.281. The van der Waals surface area contributed by atoms with Crippen LogP contribution in [0, 0.1) is 0 Å². The molecule has 0 saturated carbocycles. The predicted octanol–water partition coefficient (Wildman–Crippen LogP) is 4.41. The number of carbonyl (C=O) groups excluding carboxylic acids is 2. The van der Waals surface area contributed by atoms with Gasteiger partial charge in [0.2, 0.25) is 11.8 Å². The Labute approximate surface area is 173 Å². The molecule has 0 aromatic rings. The summed E-state index contributed by atoms with van der Waals surface area (Å²) >= 11 is 0. The van der Waals surface area contributed by atoms with Gasteiger partial charge in [0.05, 0.1) is 0 Å². The van der Waals surface area contributed by atoms with Gasteiger partial charge in [0.1, 0.15) is 0 Å². The zero-order chi connectivity index (χ0) is 21.4. The van der Waals surface area contributed by atoms with Gasteiger partial charge in [0, 0.05) is 38.0 Å². The molecule has 0 radical (unpaired) electrons. The second-order valence-corrected chi connectivity index (χ2v) is 7.78. The summed E-state index contributed by atoms with van der Waals surface area (Å²) in [4.78, 5) is 24.0. The Bertz CT molecular complexity index is 379. The van der Waals surface area contributed by atoms with Crippen LogP contribution in [0.3, 0.4) is 0 Å². The van der Waals surface area contributed by atoms with Gasteiger partial charge < -0.3 is 0 Å². The van der Waals surface area contributed by atoms with E-state index >= 15 is 0 Å². The van der Waals surface area contributed by atoms with Gasteiger partial charge >= 0.3 is 0 Å². The smallest absolute Gasteiger partial charge is 0.234 e. The Morgan fingerprint density at radius 3 is 1.25 bits per heavy atom. The molecule has 0 aliphatic rings. The number of carbonyl (C=O) groups is 2. The normalized spacial score (nSPS) is 13.6. The highest BCUT2D eigenvalue weighted by atomic mass is 16.2. The zero-order valence-corrected chi connectivity index (χ0v) is 19.4. The van der Waals surface area contributed by atoms with Crippen molar-refractivity contribution >= 4 is 11.8 Å². The summed E-state index contributed by atoms with van der Waals surface area (Å²) in [5.41, 5.74) is 6.04. The van der Waals surface area contributed by atoms with E-state index in [-0.39, 0.29) is 11.8 Å². The highest BCUT2D eigenvalue weighted by Crippen LogP contribution is 2.09. The fourth-order valence-electron chi connectivity index (χ4n) is 3.15. The Balaban J connectivity index is 3.71. The highest BCUT2D eigenvalue weighted by molar-refractivity contribution is 5.75. The molecule has 0 spiro atoms. The van der Waals surface area contributed by atoms with Crippen LogP contribution in [0.15, 0.2) is 0 Å². The molecule has 0 saturated heterocycles. The van der Waals surface area contributed by atoms with Gasteiger partial charge in [-0.25, -0.2) is 10.0 Å². The van der Waals surface area contributed by atoms with Crippen LogP contribution in [0.4, 0.5) is 0 Å². The molecule has 0 fully saturated rings. The average molecular weight is 399 g/mol. The minimum Gasteiger partial charge on any atom is -0.289 e. The second kappa shape index (κ2) is 16.8. The third kappa shape index (κ3) is 12.3. The van der Waals surface area contributed by atoms with Crippen molar-refractivity contribution in [2.75, 3.05) is 13.1 Å². The maximum absolute atomic E-state index is 12.0. The summed E-state index contributed by atoms with van der Waals surface area (Å²) in [6.07, 6.45) is 9.53. The van der Waals surface area contributed by atoms with Crippen molar-refractivity contribution in [1.29, 1.82) is 0 Å². The van der Waals surface area contributed by atoms with Gasteiger partial charge in [-0.1, -0.05) is 53.4 Å². The number of hydrazine groups is 2. The molecule has 2 N–H and O–H groups in total. The first-order valence-corrected chi connectivity index (χ1v) is 11.5. The molecule has 0 aliphatic heterocycles. The fourth-order valence-corrected chi connectivity index (χ4v) is 3.15. The van der Waals surface area contributed by atoms with E-state index < -0.39 is 0 Å². The lowest BCUT2D eigenvalue weighted by Crippen LogP contribution is -2.47. The van der Waals surface area contributed by atoms with E-state index in [9.17, 15) is 9.59 Å². The first kappa shape index (κ1) is 26.9. The Kier molecular flexibility index (Phi) is 16.1. The molecule has 0 rings (SSSR count). The van der Waals surface area contributed by atoms with Gasteiger partial charge in [-0.3, -0.25) is 20.4 Å². The third-order valence-corrected chi connectivity index (χ3v) is 5.52. The number of hydrogen-bond donors (Lipinski definition) is 2. The summed E-state index contributed by atoms with van der Waals surface area (Å²) in [6.45, 7) is 14.3. The molecule has 0 bridgehead atoms. The van der Waals surface area contributed by atoms with Crippen molar-refractivity contribution in [1.82, 2.24) is 20.9 Å². The van der Waals surface area contributed by atoms with Gasteiger partial charge in [0.15, 0.2) is 0 Å². The van der Waals surface area contributed by atoms with Crippen LogP contribution in [-0.2, 0) is 9.59 Å². The Morgan fingerprint density at radius 1 is 0.643 bits per heavy atom. The van der Waals surface area contributed by atoms with E-state index in [1.165, 1.54) is 0 Å². The fraction of sp³-hybridized carbons (Fsp3) is 0.909. The molecule has 6 nitrogen and oxygen atoms in total. The SMILES string of the molecule is CCC(C)N(CC)NC(=O)CCCCCCCCC(=O)NN(CC)C(C)CC. The average Bonchev–Trinajstić information content (AvgIpc) is 2.70. The maximum atomic E-state index is 12.0. The number of nitrogens with zero attached hydrogens (tertiary/aromatic N) is 2. The van der Waals surface area contributed by atoms with Crippen LogP contribution < -0.4 is 10.9 Å².